The summed E-state index contributed by atoms with van der Waals surface area (Å²) in [6.45, 7) is 0.105. The van der Waals surface area contributed by atoms with Gasteiger partial charge in [0.15, 0.2) is 0 Å². The fourth-order valence-electron chi connectivity index (χ4n) is 0.868. The average molecular weight is 117 g/mol. The molecule has 1 rings (SSSR count). The average Bonchev–Trinajstić information content (AvgIpc) is 2.14. The van der Waals surface area contributed by atoms with Crippen molar-refractivity contribution in [3.63, 3.8) is 0 Å². The van der Waals surface area contributed by atoms with E-state index in [1.807, 2.05) is 0 Å². The molecule has 0 aromatic rings. The van der Waals surface area contributed by atoms with Crippen LogP contribution in [0.1, 0.15) is 12.8 Å². The molecule has 0 aromatic carbocycles. The molecule has 3 heteroatoms. The van der Waals surface area contributed by atoms with E-state index >= 15 is 0 Å². The Morgan fingerprint density at radius 1 is 1.62 bits per heavy atom. The van der Waals surface area contributed by atoms with Gasteiger partial charge in [-0.05, 0) is 12.8 Å². The zero-order valence-corrected chi connectivity index (χ0v) is 4.71. The minimum absolute atomic E-state index is 0.00463. The lowest BCUT2D eigenvalue weighted by atomic mass is 10.2. The van der Waals surface area contributed by atoms with Gasteiger partial charge in [-0.25, -0.2) is 0 Å². The van der Waals surface area contributed by atoms with Crippen LogP contribution in [0.3, 0.4) is 0 Å². The fraction of sp³-hybridized carbons (Fsp3) is 1.00. The lowest BCUT2D eigenvalue weighted by Crippen LogP contribution is -2.21. The SMILES string of the molecule is N[C@H]1CCC(CO)O1. The standard InChI is InChI=1S/C5H11NO2/c6-5-2-1-4(3-7)8-5/h4-5,7H,1-3,6H2/t4?,5-/m1/s1. The largest absolute Gasteiger partial charge is 0.394 e. The first-order valence-corrected chi connectivity index (χ1v) is 2.85. The van der Waals surface area contributed by atoms with Gasteiger partial charge in [0, 0.05) is 0 Å². The van der Waals surface area contributed by atoms with Crippen molar-refractivity contribution in [3.8, 4) is 0 Å². The maximum absolute atomic E-state index is 8.50. The second kappa shape index (κ2) is 2.44. The van der Waals surface area contributed by atoms with Crippen LogP contribution in [0.15, 0.2) is 0 Å². The Balaban J connectivity index is 2.22. The molecular formula is C5H11NO2. The molecule has 1 unspecified atom stereocenters. The molecule has 2 atom stereocenters. The van der Waals surface area contributed by atoms with Gasteiger partial charge in [-0.2, -0.15) is 0 Å². The summed E-state index contributed by atoms with van der Waals surface area (Å²) in [5, 5.41) is 8.50. The quantitative estimate of drug-likeness (QED) is 0.484. The number of aliphatic hydroxyl groups is 1. The maximum Gasteiger partial charge on any atom is 0.106 e. The highest BCUT2D eigenvalue weighted by molar-refractivity contribution is 4.67. The van der Waals surface area contributed by atoms with Gasteiger partial charge in [-0.15, -0.1) is 0 Å². The van der Waals surface area contributed by atoms with E-state index in [1.165, 1.54) is 0 Å². The number of nitrogens with two attached hydrogens (primary N) is 1. The molecule has 48 valence electrons. The van der Waals surface area contributed by atoms with E-state index in [4.69, 9.17) is 15.6 Å². The minimum atomic E-state index is -0.132. The molecule has 0 bridgehead atoms. The van der Waals surface area contributed by atoms with Gasteiger partial charge in [-0.1, -0.05) is 0 Å². The fourth-order valence-corrected chi connectivity index (χ4v) is 0.868. The summed E-state index contributed by atoms with van der Waals surface area (Å²) in [6.07, 6.45) is 1.65. The third kappa shape index (κ3) is 1.18. The summed E-state index contributed by atoms with van der Waals surface area (Å²) >= 11 is 0. The van der Waals surface area contributed by atoms with Crippen molar-refractivity contribution < 1.29 is 9.84 Å². The molecule has 1 aliphatic rings. The number of rotatable bonds is 1. The first-order valence-electron chi connectivity index (χ1n) is 2.85. The topological polar surface area (TPSA) is 55.5 Å². The predicted octanol–water partition coefficient (Wildman–Crippen LogP) is -0.558. The smallest absolute Gasteiger partial charge is 0.106 e. The number of hydrogen-bond donors (Lipinski definition) is 2. The Labute approximate surface area is 48.4 Å². The number of aliphatic hydroxyl groups excluding tert-OH is 1. The third-order valence-corrected chi connectivity index (χ3v) is 1.34. The summed E-state index contributed by atoms with van der Waals surface area (Å²) < 4.78 is 5.04. The van der Waals surface area contributed by atoms with E-state index in [1.54, 1.807) is 0 Å². The van der Waals surface area contributed by atoms with Crippen molar-refractivity contribution in [2.24, 2.45) is 5.73 Å². The van der Waals surface area contributed by atoms with E-state index in [9.17, 15) is 0 Å². The summed E-state index contributed by atoms with van der Waals surface area (Å²) in [5.41, 5.74) is 5.37. The third-order valence-electron chi connectivity index (χ3n) is 1.34. The van der Waals surface area contributed by atoms with E-state index < -0.39 is 0 Å². The molecule has 3 N–H and O–H groups in total. The van der Waals surface area contributed by atoms with Gasteiger partial charge in [-0.3, -0.25) is 0 Å². The highest BCUT2D eigenvalue weighted by Gasteiger charge is 2.20. The van der Waals surface area contributed by atoms with Gasteiger partial charge in [0.1, 0.15) is 6.23 Å². The molecule has 8 heavy (non-hydrogen) atoms. The van der Waals surface area contributed by atoms with E-state index in [-0.39, 0.29) is 18.9 Å². The van der Waals surface area contributed by atoms with Gasteiger partial charge in [0.25, 0.3) is 0 Å². The summed E-state index contributed by atoms with van der Waals surface area (Å²) in [4.78, 5) is 0. The molecule has 0 spiro atoms. The van der Waals surface area contributed by atoms with Crippen molar-refractivity contribution in [1.29, 1.82) is 0 Å². The van der Waals surface area contributed by atoms with Gasteiger partial charge in [0.2, 0.25) is 0 Å². The Morgan fingerprint density at radius 3 is 2.62 bits per heavy atom. The molecule has 0 radical (unpaired) electrons. The van der Waals surface area contributed by atoms with E-state index in [2.05, 4.69) is 0 Å². The molecule has 1 fully saturated rings. The van der Waals surface area contributed by atoms with Gasteiger partial charge < -0.3 is 15.6 Å². The van der Waals surface area contributed by atoms with Crippen LogP contribution >= 0.6 is 0 Å². The van der Waals surface area contributed by atoms with Crippen LogP contribution < -0.4 is 5.73 Å². The van der Waals surface area contributed by atoms with Crippen LogP contribution in [0.2, 0.25) is 0 Å². The van der Waals surface area contributed by atoms with Gasteiger partial charge >= 0.3 is 0 Å². The second-order valence-corrected chi connectivity index (χ2v) is 2.06. The van der Waals surface area contributed by atoms with E-state index in [0.29, 0.717) is 0 Å². The van der Waals surface area contributed by atoms with Crippen LogP contribution in [-0.2, 0) is 4.74 Å². The van der Waals surface area contributed by atoms with Crippen molar-refractivity contribution in [3.05, 3.63) is 0 Å². The Kier molecular flexibility index (Phi) is 1.83. The molecule has 0 amide bonds. The monoisotopic (exact) mass is 117 g/mol. The first kappa shape index (κ1) is 6.01. The molecule has 1 heterocycles. The molecule has 1 aliphatic heterocycles. The number of hydrogen-bond acceptors (Lipinski definition) is 3. The lowest BCUT2D eigenvalue weighted by Gasteiger charge is -2.04. The number of ether oxygens (including phenoxy) is 1. The molecule has 3 nitrogen and oxygen atoms in total. The second-order valence-electron chi connectivity index (χ2n) is 2.06. The van der Waals surface area contributed by atoms with E-state index in [0.717, 1.165) is 12.8 Å². The zero-order valence-electron chi connectivity index (χ0n) is 4.71. The lowest BCUT2D eigenvalue weighted by molar-refractivity contribution is 0.0148. The Bertz CT molecular complexity index is 76.8. The van der Waals surface area contributed by atoms with Crippen molar-refractivity contribution >= 4 is 0 Å². The first-order chi connectivity index (χ1) is 3.83. The highest BCUT2D eigenvalue weighted by Crippen LogP contribution is 2.14. The van der Waals surface area contributed by atoms with Crippen LogP contribution in [0.25, 0.3) is 0 Å². The van der Waals surface area contributed by atoms with Crippen LogP contribution in [0, 0.1) is 0 Å². The van der Waals surface area contributed by atoms with Crippen molar-refractivity contribution in [1.82, 2.24) is 0 Å². The summed E-state index contributed by atoms with van der Waals surface area (Å²) in [6, 6.07) is 0. The van der Waals surface area contributed by atoms with Crippen LogP contribution in [0.5, 0.6) is 0 Å². The Hall–Kier alpha value is -0.120. The molecule has 1 saturated heterocycles. The highest BCUT2D eigenvalue weighted by atomic mass is 16.5. The molecular weight excluding hydrogens is 106 g/mol. The normalized spacial score (nSPS) is 38.2. The molecule has 0 aliphatic carbocycles. The summed E-state index contributed by atoms with van der Waals surface area (Å²) in [7, 11) is 0. The Morgan fingerprint density at radius 2 is 2.38 bits per heavy atom. The zero-order chi connectivity index (χ0) is 5.98. The predicted molar refractivity (Wildman–Crippen MR) is 29.2 cm³/mol. The van der Waals surface area contributed by atoms with Crippen molar-refractivity contribution in [2.75, 3.05) is 6.61 Å². The molecule has 0 saturated carbocycles. The maximum atomic E-state index is 8.50. The minimum Gasteiger partial charge on any atom is -0.394 e. The van der Waals surface area contributed by atoms with Crippen LogP contribution in [-0.4, -0.2) is 24.0 Å². The molecule has 0 aromatic heterocycles. The van der Waals surface area contributed by atoms with Crippen LogP contribution in [0.4, 0.5) is 0 Å². The van der Waals surface area contributed by atoms with Gasteiger partial charge in [0.05, 0.1) is 12.7 Å². The summed E-state index contributed by atoms with van der Waals surface area (Å²) in [5.74, 6) is 0. The van der Waals surface area contributed by atoms with Crippen molar-refractivity contribution in [2.45, 2.75) is 25.2 Å².